The molecule has 43 heavy (non-hydrogen) atoms. The minimum Gasteiger partial charge on any atom is -0.406 e. The Morgan fingerprint density at radius 2 is 1.70 bits per heavy atom. The van der Waals surface area contributed by atoms with Crippen LogP contribution in [0.1, 0.15) is 32.1 Å². The number of carbonyl (C=O) groups is 2. The number of hydrogen-bond donors (Lipinski definition) is 1. The fraction of sp³-hybridized carbons (Fsp3) is 0.276. The molecule has 0 aliphatic carbocycles. The van der Waals surface area contributed by atoms with Gasteiger partial charge in [0.2, 0.25) is 10.0 Å². The molecule has 14 heteroatoms. The SMILES string of the molecule is Cc1c(C(N)=O)cc(C(=O)CN2CCN(S(=O)(=O)c3cccc4cccnc34)CC2)n1Cc1cccc(OC(F)(F)F)c1. The van der Waals surface area contributed by atoms with Crippen LogP contribution < -0.4 is 10.5 Å². The number of ether oxygens (including phenoxy) is 1. The molecule has 1 amide bonds. The lowest BCUT2D eigenvalue weighted by molar-refractivity contribution is -0.274. The molecule has 2 aromatic carbocycles. The van der Waals surface area contributed by atoms with Crippen molar-refractivity contribution in [1.29, 1.82) is 0 Å². The first-order chi connectivity index (χ1) is 20.3. The third kappa shape index (κ3) is 6.55. The maximum absolute atomic E-state index is 13.5. The maximum atomic E-state index is 13.5. The highest BCUT2D eigenvalue weighted by atomic mass is 32.2. The average molecular weight is 616 g/mol. The summed E-state index contributed by atoms with van der Waals surface area (Å²) in [6.07, 6.45) is -3.32. The van der Waals surface area contributed by atoms with Crippen molar-refractivity contribution in [2.75, 3.05) is 32.7 Å². The smallest absolute Gasteiger partial charge is 0.406 e. The molecule has 226 valence electrons. The van der Waals surface area contributed by atoms with Crippen LogP contribution in [0.15, 0.2) is 71.8 Å². The van der Waals surface area contributed by atoms with Crippen LogP contribution >= 0.6 is 0 Å². The summed E-state index contributed by atoms with van der Waals surface area (Å²) in [6.45, 7) is 2.38. The number of fused-ring (bicyclic) bond motifs is 1. The number of alkyl halides is 3. The van der Waals surface area contributed by atoms with Crippen molar-refractivity contribution < 1.29 is 35.9 Å². The quantitative estimate of drug-likeness (QED) is 0.285. The Kier molecular flexibility index (Phi) is 8.27. The standard InChI is InChI=1S/C29H28F3N5O5S/c1-19-23(28(33)39)16-24(37(19)17-20-5-2-8-22(15-20)42-29(30,31)32)25(38)18-35-11-13-36(14-12-35)43(40,41)26-9-3-6-21-7-4-10-34-27(21)26/h2-10,15-16H,11-14,17-18H2,1H3,(H2,33,39). The minimum absolute atomic E-state index is 0.0136. The highest BCUT2D eigenvalue weighted by molar-refractivity contribution is 7.89. The Bertz CT molecular complexity index is 1790. The van der Waals surface area contributed by atoms with Crippen LogP contribution in [0.4, 0.5) is 13.2 Å². The predicted molar refractivity (Wildman–Crippen MR) is 151 cm³/mol. The van der Waals surface area contributed by atoms with Crippen molar-refractivity contribution in [3.8, 4) is 5.75 Å². The maximum Gasteiger partial charge on any atom is 0.573 e. The van der Waals surface area contributed by atoms with E-state index in [4.69, 9.17) is 5.73 Å². The molecule has 1 aliphatic rings. The fourth-order valence-electron chi connectivity index (χ4n) is 5.19. The molecular formula is C29H28F3N5O5S. The number of carbonyl (C=O) groups excluding carboxylic acids is 2. The summed E-state index contributed by atoms with van der Waals surface area (Å²) in [6, 6.07) is 15.2. The summed E-state index contributed by atoms with van der Waals surface area (Å²) in [5.74, 6) is -1.51. The summed E-state index contributed by atoms with van der Waals surface area (Å²) >= 11 is 0. The third-order valence-electron chi connectivity index (χ3n) is 7.30. The number of nitrogens with zero attached hydrogens (tertiary/aromatic N) is 4. The predicted octanol–water partition coefficient (Wildman–Crippen LogP) is 3.58. The van der Waals surface area contributed by atoms with Gasteiger partial charge >= 0.3 is 6.36 Å². The lowest BCUT2D eigenvalue weighted by Gasteiger charge is -2.33. The topological polar surface area (TPSA) is 128 Å². The highest BCUT2D eigenvalue weighted by Crippen LogP contribution is 2.27. The van der Waals surface area contributed by atoms with E-state index in [-0.39, 0.29) is 61.2 Å². The number of piperazine rings is 1. The molecule has 0 unspecified atom stereocenters. The van der Waals surface area contributed by atoms with Crippen LogP contribution in [0.5, 0.6) is 5.75 Å². The van der Waals surface area contributed by atoms with E-state index in [1.807, 2.05) is 4.90 Å². The molecule has 2 N–H and O–H groups in total. The molecule has 1 aliphatic heterocycles. The fourth-order valence-corrected chi connectivity index (χ4v) is 6.78. The monoisotopic (exact) mass is 615 g/mol. The van der Waals surface area contributed by atoms with Crippen LogP contribution in [-0.2, 0) is 16.6 Å². The molecule has 1 saturated heterocycles. The molecule has 0 atom stereocenters. The highest BCUT2D eigenvalue weighted by Gasteiger charge is 2.32. The van der Waals surface area contributed by atoms with E-state index in [0.717, 1.165) is 6.07 Å². The van der Waals surface area contributed by atoms with Gasteiger partial charge in [-0.05, 0) is 42.8 Å². The molecule has 4 aromatic rings. The molecule has 0 spiro atoms. The molecule has 2 aromatic heterocycles. The number of aromatic nitrogens is 2. The van der Waals surface area contributed by atoms with Gasteiger partial charge in [0.05, 0.1) is 23.3 Å². The van der Waals surface area contributed by atoms with Crippen LogP contribution in [0.25, 0.3) is 10.9 Å². The Morgan fingerprint density at radius 1 is 1.00 bits per heavy atom. The van der Waals surface area contributed by atoms with Crippen molar-refractivity contribution in [3.63, 3.8) is 0 Å². The molecule has 0 radical (unpaired) electrons. The number of para-hydroxylation sites is 1. The summed E-state index contributed by atoms with van der Waals surface area (Å²) < 4.78 is 72.0. The Labute approximate surface area is 245 Å². The number of hydrogen-bond acceptors (Lipinski definition) is 7. The van der Waals surface area contributed by atoms with Crippen LogP contribution in [0.3, 0.4) is 0 Å². The van der Waals surface area contributed by atoms with Crippen molar-refractivity contribution in [2.24, 2.45) is 5.73 Å². The van der Waals surface area contributed by atoms with Gasteiger partial charge in [-0.3, -0.25) is 19.5 Å². The number of pyridine rings is 1. The van der Waals surface area contributed by atoms with Crippen LogP contribution in [0, 0.1) is 6.92 Å². The lowest BCUT2D eigenvalue weighted by atomic mass is 10.2. The summed E-state index contributed by atoms with van der Waals surface area (Å²) in [5.41, 5.74) is 6.98. The molecule has 3 heterocycles. The number of Topliss-reactive ketones (excluding diaryl/α,β-unsaturated/α-hetero) is 1. The van der Waals surface area contributed by atoms with E-state index >= 15 is 0 Å². The first-order valence-electron chi connectivity index (χ1n) is 13.3. The number of primary amides is 1. The molecule has 1 fully saturated rings. The minimum atomic E-state index is -4.86. The number of halogens is 3. The van der Waals surface area contributed by atoms with Crippen molar-refractivity contribution >= 4 is 32.6 Å². The lowest BCUT2D eigenvalue weighted by Crippen LogP contribution is -2.49. The number of sulfonamides is 1. The van der Waals surface area contributed by atoms with Crippen molar-refractivity contribution in [2.45, 2.75) is 24.7 Å². The largest absolute Gasteiger partial charge is 0.573 e. The van der Waals surface area contributed by atoms with Gasteiger partial charge in [0.1, 0.15) is 10.6 Å². The second-order valence-electron chi connectivity index (χ2n) is 10.1. The third-order valence-corrected chi connectivity index (χ3v) is 9.23. The molecule has 0 bridgehead atoms. The normalized spacial score (nSPS) is 15.1. The number of amides is 1. The van der Waals surface area contributed by atoms with Gasteiger partial charge < -0.3 is 15.0 Å². The zero-order valence-corrected chi connectivity index (χ0v) is 23.9. The average Bonchev–Trinajstić information content (AvgIpc) is 3.28. The number of nitrogens with two attached hydrogens (primary N) is 1. The van der Waals surface area contributed by atoms with E-state index < -0.39 is 28.0 Å². The van der Waals surface area contributed by atoms with Gasteiger partial charge in [-0.2, -0.15) is 4.31 Å². The Balaban J connectivity index is 1.31. The zero-order chi connectivity index (χ0) is 30.9. The van der Waals surface area contributed by atoms with E-state index in [2.05, 4.69) is 9.72 Å². The zero-order valence-electron chi connectivity index (χ0n) is 23.0. The molecule has 10 nitrogen and oxygen atoms in total. The Morgan fingerprint density at radius 3 is 2.40 bits per heavy atom. The first kappa shape index (κ1) is 30.2. The van der Waals surface area contributed by atoms with E-state index in [0.29, 0.717) is 22.2 Å². The van der Waals surface area contributed by atoms with Crippen molar-refractivity contribution in [3.05, 3.63) is 89.4 Å². The van der Waals surface area contributed by atoms with Crippen molar-refractivity contribution in [1.82, 2.24) is 18.8 Å². The van der Waals surface area contributed by atoms with Gasteiger partial charge in [-0.1, -0.05) is 30.3 Å². The van der Waals surface area contributed by atoms with E-state index in [1.165, 1.54) is 33.1 Å². The van der Waals surface area contributed by atoms with Gasteiger partial charge in [0, 0.05) is 50.0 Å². The second kappa shape index (κ2) is 11.8. The van der Waals surface area contributed by atoms with Gasteiger partial charge in [-0.25, -0.2) is 8.42 Å². The van der Waals surface area contributed by atoms with Gasteiger partial charge in [-0.15, -0.1) is 13.2 Å². The number of benzene rings is 2. The first-order valence-corrected chi connectivity index (χ1v) is 14.7. The van der Waals surface area contributed by atoms with Gasteiger partial charge in [0.15, 0.2) is 5.78 Å². The number of rotatable bonds is 9. The number of ketones is 1. The van der Waals surface area contributed by atoms with Crippen LogP contribution in [0.2, 0.25) is 0 Å². The molecule has 0 saturated carbocycles. The molecular weight excluding hydrogens is 587 g/mol. The van der Waals surface area contributed by atoms with Gasteiger partial charge in [0.25, 0.3) is 5.91 Å². The molecule has 5 rings (SSSR count). The summed E-state index contributed by atoms with van der Waals surface area (Å²) in [7, 11) is -3.84. The summed E-state index contributed by atoms with van der Waals surface area (Å²) in [4.78, 5) is 31.7. The van der Waals surface area contributed by atoms with Crippen LogP contribution in [-0.4, -0.2) is 78.0 Å². The van der Waals surface area contributed by atoms with E-state index in [9.17, 15) is 31.2 Å². The van der Waals surface area contributed by atoms with E-state index in [1.54, 1.807) is 43.5 Å². The Hall–Kier alpha value is -4.27. The summed E-state index contributed by atoms with van der Waals surface area (Å²) in [5, 5.41) is 0.709. The second-order valence-corrected chi connectivity index (χ2v) is 12.0.